The van der Waals surface area contributed by atoms with Crippen LogP contribution in [0.2, 0.25) is 0 Å². The van der Waals surface area contributed by atoms with Crippen LogP contribution >= 0.6 is 0 Å². The zero-order valence-electron chi connectivity index (χ0n) is 10.6. The van der Waals surface area contributed by atoms with E-state index < -0.39 is 12.6 Å². The van der Waals surface area contributed by atoms with Gasteiger partial charge in [0.25, 0.3) is 0 Å². The Morgan fingerprint density at radius 3 is 2.19 bits per heavy atom. The first-order valence-corrected chi connectivity index (χ1v) is 5.75. The Morgan fingerprint density at radius 2 is 1.81 bits per heavy atom. The normalized spacial score (nSPS) is 14.8. The molecule has 2 nitrogen and oxygen atoms in total. The number of halogens is 3. The summed E-state index contributed by atoms with van der Waals surface area (Å²) in [5.41, 5.74) is 0. The minimum absolute atomic E-state index is 0.0676. The number of alkyl halides is 3. The molecule has 5 heteroatoms. The molecule has 0 heterocycles. The lowest BCUT2D eigenvalue weighted by Crippen LogP contribution is -2.43. The van der Waals surface area contributed by atoms with E-state index in [-0.39, 0.29) is 12.6 Å². The first-order valence-electron chi connectivity index (χ1n) is 5.75. The maximum atomic E-state index is 12.0. The van der Waals surface area contributed by atoms with Gasteiger partial charge in [0.1, 0.15) is 0 Å². The number of nitrogens with one attached hydrogen (secondary N) is 1. The Balaban J connectivity index is 3.95. The molecular weight excluding hydrogens is 217 g/mol. The van der Waals surface area contributed by atoms with Crippen LogP contribution in [0.5, 0.6) is 0 Å². The molecule has 0 saturated carbocycles. The summed E-state index contributed by atoms with van der Waals surface area (Å²) < 4.78 is 36.1. The Bertz CT molecular complexity index is 181. The van der Waals surface area contributed by atoms with Crippen LogP contribution in [0.15, 0.2) is 0 Å². The van der Waals surface area contributed by atoms with E-state index >= 15 is 0 Å². The van der Waals surface area contributed by atoms with Crippen molar-refractivity contribution in [2.75, 3.05) is 26.7 Å². The highest BCUT2D eigenvalue weighted by atomic mass is 19.4. The summed E-state index contributed by atoms with van der Waals surface area (Å²) in [5.74, 6) is 0.424. The van der Waals surface area contributed by atoms with Gasteiger partial charge in [-0.2, -0.15) is 13.2 Å². The molecule has 1 unspecified atom stereocenters. The van der Waals surface area contributed by atoms with E-state index in [9.17, 15) is 13.2 Å². The van der Waals surface area contributed by atoms with E-state index in [0.717, 1.165) is 6.54 Å². The van der Waals surface area contributed by atoms with Crippen LogP contribution in [-0.4, -0.2) is 43.8 Å². The van der Waals surface area contributed by atoms with Crippen LogP contribution in [0.4, 0.5) is 13.2 Å². The van der Waals surface area contributed by atoms with Crippen LogP contribution in [0.25, 0.3) is 0 Å². The maximum absolute atomic E-state index is 12.0. The number of rotatable bonds is 7. The molecule has 98 valence electrons. The summed E-state index contributed by atoms with van der Waals surface area (Å²) in [6.07, 6.45) is -4.79. The van der Waals surface area contributed by atoms with Gasteiger partial charge in [-0.1, -0.05) is 20.8 Å². The highest BCUT2D eigenvalue weighted by Gasteiger charge is 2.27. The van der Waals surface area contributed by atoms with Gasteiger partial charge in [0, 0.05) is 19.1 Å². The van der Waals surface area contributed by atoms with Crippen LogP contribution < -0.4 is 5.32 Å². The largest absolute Gasteiger partial charge is 0.390 e. The molecule has 1 atom stereocenters. The molecule has 0 amide bonds. The van der Waals surface area contributed by atoms with Crippen LogP contribution in [0.1, 0.15) is 27.2 Å². The Hall–Kier alpha value is -0.290. The Morgan fingerprint density at radius 1 is 1.25 bits per heavy atom. The second kappa shape index (κ2) is 7.12. The maximum Gasteiger partial charge on any atom is 0.390 e. The molecule has 0 rings (SSSR count). The first kappa shape index (κ1) is 15.7. The molecule has 0 aromatic heterocycles. The molecule has 0 aromatic rings. The van der Waals surface area contributed by atoms with Gasteiger partial charge in [-0.3, -0.25) is 0 Å². The quantitative estimate of drug-likeness (QED) is 0.735. The molecule has 16 heavy (non-hydrogen) atoms. The summed E-state index contributed by atoms with van der Waals surface area (Å²) >= 11 is 0. The van der Waals surface area contributed by atoms with Crippen molar-refractivity contribution in [3.05, 3.63) is 0 Å². The van der Waals surface area contributed by atoms with Gasteiger partial charge >= 0.3 is 6.18 Å². The van der Waals surface area contributed by atoms with Crippen molar-refractivity contribution in [3.63, 3.8) is 0 Å². The van der Waals surface area contributed by atoms with Crippen molar-refractivity contribution in [2.45, 2.75) is 39.4 Å². The fraction of sp³-hybridized carbons (Fsp3) is 1.00. The van der Waals surface area contributed by atoms with E-state index in [4.69, 9.17) is 0 Å². The average molecular weight is 240 g/mol. The molecule has 0 fully saturated rings. The van der Waals surface area contributed by atoms with Gasteiger partial charge in [0.15, 0.2) is 0 Å². The summed E-state index contributed by atoms with van der Waals surface area (Å²) in [6.45, 7) is 7.72. The summed E-state index contributed by atoms with van der Waals surface area (Å²) in [7, 11) is 1.73. The van der Waals surface area contributed by atoms with Gasteiger partial charge in [0.2, 0.25) is 0 Å². The van der Waals surface area contributed by atoms with E-state index in [1.165, 1.54) is 0 Å². The molecular formula is C11H23F3N2. The molecule has 0 spiro atoms. The van der Waals surface area contributed by atoms with E-state index in [1.807, 2.05) is 6.92 Å². The SMILES string of the molecule is CCNC(CN(C)CCC(F)(F)F)C(C)C. The van der Waals surface area contributed by atoms with Crippen LogP contribution in [-0.2, 0) is 0 Å². The fourth-order valence-corrected chi connectivity index (χ4v) is 1.52. The predicted octanol–water partition coefficient (Wildman–Crippen LogP) is 2.50. The standard InChI is InChI=1S/C11H23F3N2/c1-5-15-10(9(2)3)8-16(4)7-6-11(12,13)14/h9-10,15H,5-8H2,1-4H3. The van der Waals surface area contributed by atoms with Crippen molar-refractivity contribution in [1.29, 1.82) is 0 Å². The monoisotopic (exact) mass is 240 g/mol. The molecule has 0 aliphatic rings. The van der Waals surface area contributed by atoms with Crippen molar-refractivity contribution in [3.8, 4) is 0 Å². The van der Waals surface area contributed by atoms with Gasteiger partial charge in [-0.15, -0.1) is 0 Å². The molecule has 1 N–H and O–H groups in total. The Labute approximate surface area is 96.2 Å². The van der Waals surface area contributed by atoms with Gasteiger partial charge in [0.05, 0.1) is 6.42 Å². The van der Waals surface area contributed by atoms with Gasteiger partial charge in [-0.05, 0) is 19.5 Å². The molecule has 0 aliphatic carbocycles. The molecule has 0 bridgehead atoms. The van der Waals surface area contributed by atoms with E-state index in [1.54, 1.807) is 11.9 Å². The van der Waals surface area contributed by atoms with Gasteiger partial charge in [-0.25, -0.2) is 0 Å². The second-order valence-electron chi connectivity index (χ2n) is 4.54. The molecule has 0 saturated heterocycles. The Kier molecular flexibility index (Phi) is 6.99. The highest BCUT2D eigenvalue weighted by molar-refractivity contribution is 4.73. The third-order valence-electron chi connectivity index (χ3n) is 2.56. The third-order valence-corrected chi connectivity index (χ3v) is 2.56. The number of nitrogens with zero attached hydrogens (tertiary/aromatic N) is 1. The lowest BCUT2D eigenvalue weighted by atomic mass is 10.0. The molecule has 0 aliphatic heterocycles. The zero-order chi connectivity index (χ0) is 12.8. The minimum Gasteiger partial charge on any atom is -0.313 e. The lowest BCUT2D eigenvalue weighted by Gasteiger charge is -2.27. The third kappa shape index (κ3) is 7.93. The zero-order valence-corrected chi connectivity index (χ0v) is 10.6. The van der Waals surface area contributed by atoms with Gasteiger partial charge < -0.3 is 10.2 Å². The van der Waals surface area contributed by atoms with Crippen molar-refractivity contribution >= 4 is 0 Å². The van der Waals surface area contributed by atoms with Crippen LogP contribution in [0, 0.1) is 5.92 Å². The first-order chi connectivity index (χ1) is 7.26. The van der Waals surface area contributed by atoms with E-state index in [2.05, 4.69) is 19.2 Å². The highest BCUT2D eigenvalue weighted by Crippen LogP contribution is 2.19. The number of hydrogen-bond donors (Lipinski definition) is 1. The summed E-state index contributed by atoms with van der Waals surface area (Å²) in [4.78, 5) is 1.74. The number of likely N-dealkylation sites (N-methyl/N-ethyl adjacent to an activating group) is 2. The van der Waals surface area contributed by atoms with Crippen molar-refractivity contribution < 1.29 is 13.2 Å². The number of hydrogen-bond acceptors (Lipinski definition) is 2. The molecule has 0 aromatic carbocycles. The van der Waals surface area contributed by atoms with E-state index in [0.29, 0.717) is 12.5 Å². The lowest BCUT2D eigenvalue weighted by molar-refractivity contribution is -0.137. The topological polar surface area (TPSA) is 15.3 Å². The summed E-state index contributed by atoms with van der Waals surface area (Å²) in [6, 6.07) is 0.253. The average Bonchev–Trinajstić information content (AvgIpc) is 2.13. The fourth-order valence-electron chi connectivity index (χ4n) is 1.52. The molecule has 0 radical (unpaired) electrons. The van der Waals surface area contributed by atoms with Crippen LogP contribution in [0.3, 0.4) is 0 Å². The second-order valence-corrected chi connectivity index (χ2v) is 4.54. The summed E-state index contributed by atoms with van der Waals surface area (Å²) in [5, 5.41) is 3.29. The van der Waals surface area contributed by atoms with Crippen molar-refractivity contribution in [2.24, 2.45) is 5.92 Å². The predicted molar refractivity (Wildman–Crippen MR) is 60.5 cm³/mol. The smallest absolute Gasteiger partial charge is 0.313 e. The minimum atomic E-state index is -4.06. The van der Waals surface area contributed by atoms with Crippen molar-refractivity contribution in [1.82, 2.24) is 10.2 Å².